The van der Waals surface area contributed by atoms with E-state index in [1.807, 2.05) is 20.8 Å². The van der Waals surface area contributed by atoms with Crippen molar-refractivity contribution < 1.29 is 14.7 Å². The van der Waals surface area contributed by atoms with Crippen LogP contribution in [-0.2, 0) is 4.79 Å². The van der Waals surface area contributed by atoms with Crippen molar-refractivity contribution in [3.8, 4) is 0 Å². The molecule has 21 heavy (non-hydrogen) atoms. The molecular weight excluding hydrogens is 272 g/mol. The van der Waals surface area contributed by atoms with Crippen LogP contribution in [0.1, 0.15) is 44.1 Å². The third-order valence-electron chi connectivity index (χ3n) is 3.65. The zero-order chi connectivity index (χ0) is 15.9. The minimum atomic E-state index is -0.827. The molecule has 0 aliphatic rings. The number of rotatable bonds is 8. The number of carboxylic acids is 1. The SMILES string of the molecule is CCNC(=O)c1ccc(NCC(CC)(CC)C(=O)O)nn1. The molecule has 0 aliphatic carbocycles. The van der Waals surface area contributed by atoms with Crippen LogP contribution in [0.4, 0.5) is 5.82 Å². The summed E-state index contributed by atoms with van der Waals surface area (Å²) in [6.07, 6.45) is 1.05. The summed E-state index contributed by atoms with van der Waals surface area (Å²) in [6.45, 7) is 6.31. The summed E-state index contributed by atoms with van der Waals surface area (Å²) in [4.78, 5) is 22.9. The van der Waals surface area contributed by atoms with Gasteiger partial charge >= 0.3 is 5.97 Å². The van der Waals surface area contributed by atoms with Gasteiger partial charge in [0, 0.05) is 13.1 Å². The molecule has 0 radical (unpaired) electrons. The van der Waals surface area contributed by atoms with Gasteiger partial charge in [-0.1, -0.05) is 13.8 Å². The molecule has 0 bridgehead atoms. The van der Waals surface area contributed by atoms with E-state index < -0.39 is 11.4 Å². The molecule has 1 rings (SSSR count). The summed E-state index contributed by atoms with van der Waals surface area (Å²) in [7, 11) is 0. The second kappa shape index (κ2) is 7.56. The topological polar surface area (TPSA) is 104 Å². The number of aliphatic carboxylic acids is 1. The minimum Gasteiger partial charge on any atom is -0.481 e. The minimum absolute atomic E-state index is 0.234. The third-order valence-corrected chi connectivity index (χ3v) is 3.65. The van der Waals surface area contributed by atoms with Crippen molar-refractivity contribution in [2.24, 2.45) is 5.41 Å². The fraction of sp³-hybridized carbons (Fsp3) is 0.571. The highest BCUT2D eigenvalue weighted by Crippen LogP contribution is 2.26. The van der Waals surface area contributed by atoms with Crippen LogP contribution in [0.15, 0.2) is 12.1 Å². The molecule has 116 valence electrons. The average molecular weight is 294 g/mol. The highest BCUT2D eigenvalue weighted by molar-refractivity contribution is 5.92. The number of hydrogen-bond acceptors (Lipinski definition) is 5. The van der Waals surface area contributed by atoms with Crippen molar-refractivity contribution >= 4 is 17.7 Å². The number of carboxylic acid groups (broad SMARTS) is 1. The number of anilines is 1. The van der Waals surface area contributed by atoms with Crippen LogP contribution in [0.3, 0.4) is 0 Å². The number of carbonyl (C=O) groups is 2. The van der Waals surface area contributed by atoms with Gasteiger partial charge in [0.05, 0.1) is 5.41 Å². The van der Waals surface area contributed by atoms with Gasteiger partial charge < -0.3 is 15.7 Å². The number of aromatic nitrogens is 2. The lowest BCUT2D eigenvalue weighted by molar-refractivity contribution is -0.148. The first-order valence-electron chi connectivity index (χ1n) is 7.08. The van der Waals surface area contributed by atoms with E-state index in [4.69, 9.17) is 0 Å². The summed E-state index contributed by atoms with van der Waals surface area (Å²) in [6, 6.07) is 3.18. The number of hydrogen-bond donors (Lipinski definition) is 3. The van der Waals surface area contributed by atoms with Gasteiger partial charge in [-0.25, -0.2) is 0 Å². The highest BCUT2D eigenvalue weighted by Gasteiger charge is 2.34. The Bertz CT molecular complexity index is 483. The monoisotopic (exact) mass is 294 g/mol. The molecule has 3 N–H and O–H groups in total. The van der Waals surface area contributed by atoms with Crippen molar-refractivity contribution in [3.63, 3.8) is 0 Å². The predicted molar refractivity (Wildman–Crippen MR) is 79.2 cm³/mol. The summed E-state index contributed by atoms with van der Waals surface area (Å²) >= 11 is 0. The van der Waals surface area contributed by atoms with E-state index in [1.54, 1.807) is 12.1 Å². The molecule has 0 spiro atoms. The number of nitrogens with zero attached hydrogens (tertiary/aromatic N) is 2. The predicted octanol–water partition coefficient (Wildman–Crippen LogP) is 1.53. The van der Waals surface area contributed by atoms with Gasteiger partial charge in [-0.15, -0.1) is 10.2 Å². The zero-order valence-electron chi connectivity index (χ0n) is 12.6. The van der Waals surface area contributed by atoms with Crippen LogP contribution in [0, 0.1) is 5.41 Å². The molecule has 7 heteroatoms. The molecule has 1 heterocycles. The van der Waals surface area contributed by atoms with Crippen LogP contribution in [-0.4, -0.2) is 40.3 Å². The van der Waals surface area contributed by atoms with Gasteiger partial charge in [-0.05, 0) is 31.9 Å². The van der Waals surface area contributed by atoms with E-state index >= 15 is 0 Å². The van der Waals surface area contributed by atoms with Gasteiger partial charge in [0.1, 0.15) is 5.82 Å². The number of nitrogens with one attached hydrogen (secondary N) is 2. The lowest BCUT2D eigenvalue weighted by Crippen LogP contribution is -2.37. The van der Waals surface area contributed by atoms with Crippen LogP contribution in [0.5, 0.6) is 0 Å². The van der Waals surface area contributed by atoms with Crippen molar-refractivity contribution in [2.45, 2.75) is 33.6 Å². The number of amides is 1. The maximum atomic E-state index is 11.5. The summed E-state index contributed by atoms with van der Waals surface area (Å²) in [5, 5.41) is 22.7. The van der Waals surface area contributed by atoms with E-state index in [1.165, 1.54) is 0 Å². The van der Waals surface area contributed by atoms with Crippen molar-refractivity contribution in [3.05, 3.63) is 17.8 Å². The van der Waals surface area contributed by atoms with Gasteiger partial charge in [0.2, 0.25) is 0 Å². The van der Waals surface area contributed by atoms with Crippen LogP contribution >= 0.6 is 0 Å². The molecule has 1 amide bonds. The molecule has 0 aromatic carbocycles. The Hall–Kier alpha value is -2.18. The van der Waals surface area contributed by atoms with E-state index in [0.29, 0.717) is 25.2 Å². The fourth-order valence-corrected chi connectivity index (χ4v) is 1.94. The van der Waals surface area contributed by atoms with Crippen LogP contribution in [0.25, 0.3) is 0 Å². The smallest absolute Gasteiger partial charge is 0.311 e. The van der Waals surface area contributed by atoms with Crippen LogP contribution in [0.2, 0.25) is 0 Å². The quantitative estimate of drug-likeness (QED) is 0.671. The molecule has 1 aromatic rings. The van der Waals surface area contributed by atoms with E-state index in [0.717, 1.165) is 0 Å². The second-order valence-electron chi connectivity index (χ2n) is 4.81. The van der Waals surface area contributed by atoms with Gasteiger partial charge in [-0.3, -0.25) is 9.59 Å². The van der Waals surface area contributed by atoms with Crippen molar-refractivity contribution in [1.82, 2.24) is 15.5 Å². The lowest BCUT2D eigenvalue weighted by atomic mass is 9.82. The maximum absolute atomic E-state index is 11.5. The molecule has 0 unspecified atom stereocenters. The molecule has 0 saturated heterocycles. The molecule has 1 aromatic heterocycles. The van der Waals surface area contributed by atoms with E-state index in [2.05, 4.69) is 20.8 Å². The maximum Gasteiger partial charge on any atom is 0.311 e. The van der Waals surface area contributed by atoms with Gasteiger partial charge in [-0.2, -0.15) is 0 Å². The molecule has 0 aliphatic heterocycles. The second-order valence-corrected chi connectivity index (χ2v) is 4.81. The Morgan fingerprint density at radius 2 is 1.86 bits per heavy atom. The van der Waals surface area contributed by atoms with E-state index in [-0.39, 0.29) is 18.1 Å². The molecule has 0 saturated carbocycles. The molecule has 7 nitrogen and oxygen atoms in total. The normalized spacial score (nSPS) is 11.0. The molecule has 0 fully saturated rings. The summed E-state index contributed by atoms with van der Waals surface area (Å²) < 4.78 is 0. The lowest BCUT2D eigenvalue weighted by Gasteiger charge is -2.26. The molecule has 0 atom stereocenters. The Morgan fingerprint density at radius 1 is 1.19 bits per heavy atom. The third kappa shape index (κ3) is 4.14. The Labute approximate surface area is 124 Å². The van der Waals surface area contributed by atoms with E-state index in [9.17, 15) is 14.7 Å². The largest absolute Gasteiger partial charge is 0.481 e. The zero-order valence-corrected chi connectivity index (χ0v) is 12.6. The first kappa shape index (κ1) is 16.9. The van der Waals surface area contributed by atoms with Crippen LogP contribution < -0.4 is 10.6 Å². The average Bonchev–Trinajstić information content (AvgIpc) is 2.49. The van der Waals surface area contributed by atoms with Crippen molar-refractivity contribution in [2.75, 3.05) is 18.4 Å². The number of carbonyl (C=O) groups excluding carboxylic acids is 1. The Balaban J connectivity index is 2.72. The van der Waals surface area contributed by atoms with Crippen molar-refractivity contribution in [1.29, 1.82) is 0 Å². The Kier molecular flexibility index (Phi) is 6.08. The first-order chi connectivity index (χ1) is 9.99. The highest BCUT2D eigenvalue weighted by atomic mass is 16.4. The van der Waals surface area contributed by atoms with Gasteiger partial charge in [0.15, 0.2) is 5.69 Å². The molecular formula is C14H22N4O3. The fourth-order valence-electron chi connectivity index (χ4n) is 1.94. The Morgan fingerprint density at radius 3 is 2.29 bits per heavy atom. The first-order valence-corrected chi connectivity index (χ1v) is 7.08. The summed E-state index contributed by atoms with van der Waals surface area (Å²) in [5.41, 5.74) is -0.585. The summed E-state index contributed by atoms with van der Waals surface area (Å²) in [5.74, 6) is -0.652. The standard InChI is InChI=1S/C14H22N4O3/c1-4-14(5-2,13(20)21)9-16-11-8-7-10(17-18-11)12(19)15-6-3/h7-8H,4-6,9H2,1-3H3,(H,15,19)(H,16,18)(H,20,21). The van der Waals surface area contributed by atoms with Gasteiger partial charge in [0.25, 0.3) is 5.91 Å².